The van der Waals surface area contributed by atoms with Crippen LogP contribution in [0.25, 0.3) is 0 Å². The van der Waals surface area contributed by atoms with Crippen molar-refractivity contribution in [3.8, 4) is 17.2 Å². The SMILES string of the molecule is COC1CN(C2CCOC(C)C2O)CCO1.COc1cccc2c1C(=O)c1c(O)c3c(c(O)c1C2=O)CC(C(=O)N1CCC2(CNC2)C1)CC3. The number of methoxy groups -OCH3 is 2. The molecule has 2 aromatic rings. The Kier molecular flexibility index (Phi) is 9.65. The molecule has 2 aromatic carbocycles. The Labute approximate surface area is 291 Å². The number of fused-ring (bicyclic) bond motifs is 3. The number of morpholine rings is 1. The van der Waals surface area contributed by atoms with Crippen LogP contribution in [0, 0.1) is 11.3 Å². The summed E-state index contributed by atoms with van der Waals surface area (Å²) in [6, 6.07) is 4.88. The number of carbonyl (C=O) groups excluding carboxylic acids is 3. The van der Waals surface area contributed by atoms with Gasteiger partial charge in [0.2, 0.25) is 11.7 Å². The van der Waals surface area contributed by atoms with Gasteiger partial charge in [0.25, 0.3) is 0 Å². The summed E-state index contributed by atoms with van der Waals surface area (Å²) in [6.07, 6.45) is 2.30. The summed E-state index contributed by atoms with van der Waals surface area (Å²) in [5.74, 6) is -1.69. The first-order valence-electron chi connectivity index (χ1n) is 17.6. The lowest BCUT2D eigenvalue weighted by Gasteiger charge is -2.43. The number of amides is 1. The molecular weight excluding hydrogens is 646 g/mol. The predicted molar refractivity (Wildman–Crippen MR) is 180 cm³/mol. The van der Waals surface area contributed by atoms with Gasteiger partial charge in [-0.25, -0.2) is 0 Å². The number of aliphatic hydroxyl groups excluding tert-OH is 1. The van der Waals surface area contributed by atoms with E-state index < -0.39 is 17.7 Å². The molecule has 0 saturated carbocycles. The fourth-order valence-corrected chi connectivity index (χ4v) is 8.60. The maximum atomic E-state index is 13.4. The lowest BCUT2D eigenvalue weighted by atomic mass is 9.75. The topological polar surface area (TPSA) is 167 Å². The smallest absolute Gasteiger partial charge is 0.226 e. The molecule has 0 radical (unpaired) electrons. The van der Waals surface area contributed by atoms with Crippen LogP contribution in [-0.2, 0) is 31.8 Å². The van der Waals surface area contributed by atoms with E-state index in [0.717, 1.165) is 58.7 Å². The maximum Gasteiger partial charge on any atom is 0.226 e. The number of likely N-dealkylation sites (tertiary alicyclic amines) is 1. The highest BCUT2D eigenvalue weighted by molar-refractivity contribution is 6.31. The van der Waals surface area contributed by atoms with Gasteiger partial charge in [0, 0.05) is 87.1 Å². The van der Waals surface area contributed by atoms with Crippen molar-refractivity contribution in [1.29, 1.82) is 0 Å². The molecule has 6 aliphatic rings. The van der Waals surface area contributed by atoms with E-state index in [0.29, 0.717) is 30.6 Å². The minimum Gasteiger partial charge on any atom is -0.507 e. The molecule has 4 fully saturated rings. The molecule has 1 amide bonds. The largest absolute Gasteiger partial charge is 0.507 e. The van der Waals surface area contributed by atoms with Crippen LogP contribution < -0.4 is 10.1 Å². The number of phenols is 2. The number of nitrogens with zero attached hydrogens (tertiary/aromatic N) is 2. The third kappa shape index (κ3) is 5.97. The number of ether oxygens (including phenoxy) is 4. The third-order valence-corrected chi connectivity index (χ3v) is 11.6. The highest BCUT2D eigenvalue weighted by Crippen LogP contribution is 2.48. The van der Waals surface area contributed by atoms with Gasteiger partial charge >= 0.3 is 0 Å². The van der Waals surface area contributed by atoms with Gasteiger partial charge in [0.05, 0.1) is 42.6 Å². The number of nitrogens with one attached hydrogen (secondary N) is 1. The highest BCUT2D eigenvalue weighted by Gasteiger charge is 2.47. The summed E-state index contributed by atoms with van der Waals surface area (Å²) in [7, 11) is 3.06. The van der Waals surface area contributed by atoms with Crippen molar-refractivity contribution in [2.75, 3.05) is 66.7 Å². The van der Waals surface area contributed by atoms with Crippen molar-refractivity contribution in [2.45, 2.75) is 63.6 Å². The van der Waals surface area contributed by atoms with E-state index in [1.54, 1.807) is 19.2 Å². The molecule has 8 rings (SSSR count). The Morgan fingerprint density at radius 2 is 1.74 bits per heavy atom. The minimum absolute atomic E-state index is 0.0588. The zero-order valence-electron chi connectivity index (χ0n) is 28.9. The monoisotopic (exact) mass is 693 g/mol. The van der Waals surface area contributed by atoms with Crippen LogP contribution >= 0.6 is 0 Å². The molecule has 1 spiro atoms. The number of ketones is 2. The normalized spacial score (nSPS) is 28.6. The summed E-state index contributed by atoms with van der Waals surface area (Å²) in [5.41, 5.74) is 0.898. The second-order valence-electron chi connectivity index (χ2n) is 14.5. The summed E-state index contributed by atoms with van der Waals surface area (Å²) in [5, 5.41) is 35.7. The van der Waals surface area contributed by atoms with E-state index in [1.807, 2.05) is 11.8 Å². The lowest BCUT2D eigenvalue weighted by Crippen LogP contribution is -2.57. The number of aliphatic hydroxyl groups is 1. The second kappa shape index (κ2) is 13.9. The zero-order valence-corrected chi connectivity index (χ0v) is 28.9. The van der Waals surface area contributed by atoms with Gasteiger partial charge in [0.1, 0.15) is 17.2 Å². The minimum atomic E-state index is -0.549. The van der Waals surface area contributed by atoms with Gasteiger partial charge in [-0.2, -0.15) is 0 Å². The van der Waals surface area contributed by atoms with Crippen LogP contribution in [0.5, 0.6) is 17.2 Å². The molecule has 5 atom stereocenters. The Morgan fingerprint density at radius 1 is 0.980 bits per heavy atom. The van der Waals surface area contributed by atoms with Crippen molar-refractivity contribution >= 4 is 17.5 Å². The van der Waals surface area contributed by atoms with Gasteiger partial charge in [-0.3, -0.25) is 19.3 Å². The van der Waals surface area contributed by atoms with E-state index in [2.05, 4.69) is 10.2 Å². The van der Waals surface area contributed by atoms with Gasteiger partial charge in [-0.1, -0.05) is 12.1 Å². The number of carbonyl (C=O) groups is 3. The van der Waals surface area contributed by atoms with Crippen molar-refractivity contribution < 1.29 is 48.7 Å². The molecule has 2 aliphatic carbocycles. The molecule has 13 nitrogen and oxygen atoms in total. The number of rotatable bonds is 4. The van der Waals surface area contributed by atoms with Crippen molar-refractivity contribution in [3.63, 3.8) is 0 Å². The van der Waals surface area contributed by atoms with Crippen molar-refractivity contribution in [3.05, 3.63) is 51.6 Å². The molecular formula is C37H47N3O10. The molecule has 4 heterocycles. The first-order chi connectivity index (χ1) is 24.1. The fourth-order valence-electron chi connectivity index (χ4n) is 8.60. The molecule has 50 heavy (non-hydrogen) atoms. The van der Waals surface area contributed by atoms with Crippen molar-refractivity contribution in [2.24, 2.45) is 11.3 Å². The van der Waals surface area contributed by atoms with Gasteiger partial charge in [0.15, 0.2) is 12.1 Å². The van der Waals surface area contributed by atoms with Crippen LogP contribution in [0.1, 0.15) is 69.2 Å². The van der Waals surface area contributed by atoms with Gasteiger partial charge in [-0.15, -0.1) is 0 Å². The molecule has 0 aromatic heterocycles. The summed E-state index contributed by atoms with van der Waals surface area (Å²) in [4.78, 5) is 44.2. The average Bonchev–Trinajstić information content (AvgIpc) is 3.60. The summed E-state index contributed by atoms with van der Waals surface area (Å²) >= 11 is 0. The summed E-state index contributed by atoms with van der Waals surface area (Å²) in [6.45, 7) is 8.24. The van der Waals surface area contributed by atoms with E-state index in [-0.39, 0.29) is 81.6 Å². The molecule has 4 N–H and O–H groups in total. The predicted octanol–water partition coefficient (Wildman–Crippen LogP) is 1.64. The van der Waals surface area contributed by atoms with Gasteiger partial charge < -0.3 is 44.5 Å². The number of hydrogen-bond acceptors (Lipinski definition) is 12. The van der Waals surface area contributed by atoms with Crippen LogP contribution in [0.4, 0.5) is 0 Å². The Balaban J connectivity index is 0.000000206. The Morgan fingerprint density at radius 3 is 2.44 bits per heavy atom. The molecule has 4 aliphatic heterocycles. The molecule has 270 valence electrons. The fraction of sp³-hybridized carbons (Fsp3) is 0.595. The molecule has 4 saturated heterocycles. The van der Waals surface area contributed by atoms with E-state index in [9.17, 15) is 29.7 Å². The molecule has 5 unspecified atom stereocenters. The number of aromatic hydroxyl groups is 2. The van der Waals surface area contributed by atoms with Crippen LogP contribution in [0.3, 0.4) is 0 Å². The van der Waals surface area contributed by atoms with Gasteiger partial charge in [-0.05, 0) is 45.1 Å². The Bertz CT molecular complexity index is 1680. The van der Waals surface area contributed by atoms with Crippen LogP contribution in [0.2, 0.25) is 0 Å². The van der Waals surface area contributed by atoms with Crippen LogP contribution in [-0.4, -0.2) is 134 Å². The van der Waals surface area contributed by atoms with E-state index in [1.165, 1.54) is 13.2 Å². The summed E-state index contributed by atoms with van der Waals surface area (Å²) < 4.78 is 21.3. The van der Waals surface area contributed by atoms with E-state index in [4.69, 9.17) is 18.9 Å². The standard InChI is InChI=1S/C26H26N2O6.C11H21NO4/c1-34-17-4-2-3-15-18(17)24(32)20-19(22(15)30)23(31)16-9-13(5-6-14(16)21(20)29)25(33)28-8-7-26(12-28)10-27-11-26;1-8-11(13)9(3-5-15-8)12-4-6-16-10(7-12)14-2/h2-4,13,27,29,31H,5-12H2,1H3;8-11,13H,3-7H2,1-2H3. The number of benzene rings is 2. The van der Waals surface area contributed by atoms with Crippen LogP contribution in [0.15, 0.2) is 18.2 Å². The first-order valence-corrected chi connectivity index (χ1v) is 17.6. The quantitative estimate of drug-likeness (QED) is 0.292. The number of phenolic OH excluding ortho intramolecular Hbond substituents is 2. The van der Waals surface area contributed by atoms with Crippen molar-refractivity contribution in [1.82, 2.24) is 15.1 Å². The zero-order chi connectivity index (χ0) is 35.3. The first kappa shape index (κ1) is 34.8. The van der Waals surface area contributed by atoms with E-state index >= 15 is 0 Å². The Hall–Kier alpha value is -3.59. The number of hydrogen-bond donors (Lipinski definition) is 4. The third-order valence-electron chi connectivity index (χ3n) is 11.6. The highest BCUT2D eigenvalue weighted by atomic mass is 16.7. The maximum absolute atomic E-state index is 13.4. The second-order valence-corrected chi connectivity index (χ2v) is 14.5. The molecule has 0 bridgehead atoms. The molecule has 13 heteroatoms. The lowest BCUT2D eigenvalue weighted by molar-refractivity contribution is -0.190. The average molecular weight is 694 g/mol.